The van der Waals surface area contributed by atoms with Crippen molar-refractivity contribution >= 4 is 12.4 Å². The molecule has 0 spiro atoms. The van der Waals surface area contributed by atoms with Crippen molar-refractivity contribution in [3.8, 4) is 0 Å². The molecule has 1 fully saturated rings. The molecule has 0 heterocycles. The van der Waals surface area contributed by atoms with Gasteiger partial charge in [0.05, 0.1) is 6.04 Å². The zero-order chi connectivity index (χ0) is 14.5. The summed E-state index contributed by atoms with van der Waals surface area (Å²) < 4.78 is 5.30. The fourth-order valence-electron chi connectivity index (χ4n) is 1.95. The standard InChI is InChI=1S/C15H25NO3/c1-5-6-7-8-11-9-12(11)19-14(18)16-13(10-17)15(2,3)4/h5,10-13H,1,6-9H2,2-4H3,(H,16,18)/t11-,12-,13+/m0/s1. The Labute approximate surface area is 115 Å². The number of allylic oxidation sites excluding steroid dienone is 1. The lowest BCUT2D eigenvalue weighted by Crippen LogP contribution is -2.45. The van der Waals surface area contributed by atoms with Crippen LogP contribution in [0.2, 0.25) is 0 Å². The van der Waals surface area contributed by atoms with Gasteiger partial charge in [-0.3, -0.25) is 0 Å². The monoisotopic (exact) mass is 267 g/mol. The lowest BCUT2D eigenvalue weighted by Gasteiger charge is -2.26. The third-order valence-electron chi connectivity index (χ3n) is 3.44. The number of nitrogens with one attached hydrogen (secondary N) is 1. The molecule has 108 valence electrons. The summed E-state index contributed by atoms with van der Waals surface area (Å²) in [4.78, 5) is 22.6. The van der Waals surface area contributed by atoms with Gasteiger partial charge in [-0.25, -0.2) is 4.79 Å². The second-order valence-corrected chi connectivity index (χ2v) is 6.28. The molecule has 1 saturated carbocycles. The summed E-state index contributed by atoms with van der Waals surface area (Å²) in [5.74, 6) is 0.481. The molecule has 3 atom stereocenters. The highest BCUT2D eigenvalue weighted by Gasteiger charge is 2.40. The molecule has 1 N–H and O–H groups in total. The zero-order valence-electron chi connectivity index (χ0n) is 12.1. The minimum absolute atomic E-state index is 0.0251. The second-order valence-electron chi connectivity index (χ2n) is 6.28. The molecule has 1 amide bonds. The molecule has 0 saturated heterocycles. The van der Waals surface area contributed by atoms with E-state index in [-0.39, 0.29) is 11.5 Å². The highest BCUT2D eigenvalue weighted by atomic mass is 16.6. The van der Waals surface area contributed by atoms with Crippen LogP contribution in [0.15, 0.2) is 12.7 Å². The van der Waals surface area contributed by atoms with Crippen LogP contribution in [0.25, 0.3) is 0 Å². The van der Waals surface area contributed by atoms with Gasteiger partial charge in [-0.15, -0.1) is 6.58 Å². The van der Waals surface area contributed by atoms with Gasteiger partial charge in [0.2, 0.25) is 0 Å². The summed E-state index contributed by atoms with van der Waals surface area (Å²) in [5.41, 5.74) is -0.298. The smallest absolute Gasteiger partial charge is 0.408 e. The molecule has 0 aromatic rings. The van der Waals surface area contributed by atoms with E-state index in [2.05, 4.69) is 11.9 Å². The van der Waals surface area contributed by atoms with Gasteiger partial charge in [0.25, 0.3) is 0 Å². The van der Waals surface area contributed by atoms with E-state index in [1.807, 2.05) is 26.8 Å². The Hall–Kier alpha value is -1.32. The van der Waals surface area contributed by atoms with Crippen molar-refractivity contribution in [3.63, 3.8) is 0 Å². The lowest BCUT2D eigenvalue weighted by atomic mass is 9.88. The van der Waals surface area contributed by atoms with Gasteiger partial charge in [-0.2, -0.15) is 0 Å². The highest BCUT2D eigenvalue weighted by Crippen LogP contribution is 2.38. The van der Waals surface area contributed by atoms with E-state index in [0.717, 1.165) is 32.0 Å². The van der Waals surface area contributed by atoms with Gasteiger partial charge in [0.1, 0.15) is 12.4 Å². The van der Waals surface area contributed by atoms with Gasteiger partial charge < -0.3 is 14.8 Å². The van der Waals surface area contributed by atoms with Crippen LogP contribution in [0, 0.1) is 11.3 Å². The molecule has 0 aromatic carbocycles. The average Bonchev–Trinajstić information content (AvgIpc) is 3.03. The lowest BCUT2D eigenvalue weighted by molar-refractivity contribution is -0.111. The Morgan fingerprint density at radius 3 is 2.74 bits per heavy atom. The molecule has 0 unspecified atom stereocenters. The van der Waals surface area contributed by atoms with Crippen LogP contribution in [0.5, 0.6) is 0 Å². The molecule has 1 aliphatic carbocycles. The predicted octanol–water partition coefficient (Wildman–Crippen LogP) is 3.07. The van der Waals surface area contributed by atoms with E-state index in [0.29, 0.717) is 5.92 Å². The van der Waals surface area contributed by atoms with Crippen molar-refractivity contribution in [3.05, 3.63) is 12.7 Å². The van der Waals surface area contributed by atoms with Crippen molar-refractivity contribution in [1.29, 1.82) is 0 Å². The Morgan fingerprint density at radius 1 is 1.53 bits per heavy atom. The summed E-state index contributed by atoms with van der Waals surface area (Å²) in [7, 11) is 0. The van der Waals surface area contributed by atoms with E-state index in [9.17, 15) is 9.59 Å². The van der Waals surface area contributed by atoms with E-state index >= 15 is 0 Å². The third-order valence-corrected chi connectivity index (χ3v) is 3.44. The van der Waals surface area contributed by atoms with Crippen LogP contribution in [0.3, 0.4) is 0 Å². The maximum Gasteiger partial charge on any atom is 0.408 e. The van der Waals surface area contributed by atoms with Crippen LogP contribution in [0.1, 0.15) is 46.5 Å². The fraction of sp³-hybridized carbons (Fsp3) is 0.733. The van der Waals surface area contributed by atoms with Gasteiger partial charge in [-0.1, -0.05) is 26.8 Å². The van der Waals surface area contributed by atoms with Gasteiger partial charge in [0, 0.05) is 0 Å². The number of rotatable bonds is 7. The molecule has 0 aromatic heterocycles. The molecular formula is C15H25NO3. The normalized spacial score (nSPS) is 23.3. The number of hydrogen-bond acceptors (Lipinski definition) is 3. The van der Waals surface area contributed by atoms with E-state index in [1.54, 1.807) is 0 Å². The molecule has 19 heavy (non-hydrogen) atoms. The highest BCUT2D eigenvalue weighted by molar-refractivity contribution is 5.74. The fourth-order valence-corrected chi connectivity index (χ4v) is 1.95. The molecule has 4 nitrogen and oxygen atoms in total. The maximum atomic E-state index is 11.7. The molecule has 0 aliphatic heterocycles. The summed E-state index contributed by atoms with van der Waals surface area (Å²) in [5, 5.41) is 2.62. The number of aldehydes is 1. The van der Waals surface area contributed by atoms with Crippen LogP contribution in [-0.4, -0.2) is 24.5 Å². The summed E-state index contributed by atoms with van der Waals surface area (Å²) in [6, 6.07) is -0.516. The average molecular weight is 267 g/mol. The van der Waals surface area contributed by atoms with Gasteiger partial charge >= 0.3 is 6.09 Å². The number of hydrogen-bond donors (Lipinski definition) is 1. The number of unbranched alkanes of at least 4 members (excludes halogenated alkanes) is 1. The largest absolute Gasteiger partial charge is 0.446 e. The summed E-state index contributed by atoms with van der Waals surface area (Å²) in [6.07, 6.45) is 6.31. The second kappa shape index (κ2) is 6.73. The van der Waals surface area contributed by atoms with E-state index in [4.69, 9.17) is 4.74 Å². The molecular weight excluding hydrogens is 242 g/mol. The first kappa shape index (κ1) is 15.7. The maximum absolute atomic E-state index is 11.7. The minimum Gasteiger partial charge on any atom is -0.446 e. The minimum atomic E-state index is -0.516. The summed E-state index contributed by atoms with van der Waals surface area (Å²) in [6.45, 7) is 9.39. The van der Waals surface area contributed by atoms with Crippen LogP contribution in [0.4, 0.5) is 4.79 Å². The topological polar surface area (TPSA) is 55.4 Å². The molecule has 1 aliphatic rings. The van der Waals surface area contributed by atoms with Crippen LogP contribution >= 0.6 is 0 Å². The molecule has 1 rings (SSSR count). The summed E-state index contributed by atoms with van der Waals surface area (Å²) >= 11 is 0. The number of alkyl carbamates (subject to hydrolysis) is 1. The SMILES string of the molecule is C=CCCC[C@H]1C[C@@H]1OC(=O)N[C@H](C=O)C(C)(C)C. The Balaban J connectivity index is 2.26. The predicted molar refractivity (Wildman–Crippen MR) is 74.9 cm³/mol. The molecule has 4 heteroatoms. The van der Waals surface area contributed by atoms with Crippen LogP contribution < -0.4 is 5.32 Å². The zero-order valence-corrected chi connectivity index (χ0v) is 12.1. The van der Waals surface area contributed by atoms with Gasteiger partial charge in [-0.05, 0) is 37.0 Å². The first-order chi connectivity index (χ1) is 8.88. The van der Waals surface area contributed by atoms with Crippen molar-refractivity contribution in [2.24, 2.45) is 11.3 Å². The van der Waals surface area contributed by atoms with Crippen molar-refractivity contribution < 1.29 is 14.3 Å². The molecule has 0 radical (unpaired) electrons. The van der Waals surface area contributed by atoms with E-state index in [1.165, 1.54) is 0 Å². The van der Waals surface area contributed by atoms with Crippen molar-refractivity contribution in [2.45, 2.75) is 58.6 Å². The van der Waals surface area contributed by atoms with Crippen molar-refractivity contribution in [1.82, 2.24) is 5.32 Å². The first-order valence-electron chi connectivity index (χ1n) is 6.91. The Kier molecular flexibility index (Phi) is 5.58. The number of ether oxygens (including phenoxy) is 1. The van der Waals surface area contributed by atoms with E-state index < -0.39 is 12.1 Å². The Bertz CT molecular complexity index is 333. The number of carbonyl (C=O) groups is 2. The Morgan fingerprint density at radius 2 is 2.21 bits per heavy atom. The van der Waals surface area contributed by atoms with Crippen LogP contribution in [-0.2, 0) is 9.53 Å². The quantitative estimate of drug-likeness (QED) is 0.438. The third kappa shape index (κ3) is 5.45. The number of carbonyl (C=O) groups excluding carboxylic acids is 2. The number of amides is 1. The van der Waals surface area contributed by atoms with Gasteiger partial charge in [0.15, 0.2) is 0 Å². The first-order valence-corrected chi connectivity index (χ1v) is 6.91. The molecule has 0 bridgehead atoms. The van der Waals surface area contributed by atoms with Crippen molar-refractivity contribution in [2.75, 3.05) is 0 Å².